The first-order chi connectivity index (χ1) is 8.70. The third-order valence-electron chi connectivity index (χ3n) is 2.66. The fourth-order valence-electron chi connectivity index (χ4n) is 1.63. The summed E-state index contributed by atoms with van der Waals surface area (Å²) in [5.41, 5.74) is 0.913. The first kappa shape index (κ1) is 13.1. The number of benzene rings is 1. The van der Waals surface area contributed by atoms with Gasteiger partial charge in [-0.05, 0) is 5.56 Å². The number of alkyl carbamates (subject to hydrolysis) is 1. The Labute approximate surface area is 118 Å². The molecule has 1 heterocycles. The number of ether oxygens (including phenoxy) is 1. The smallest absolute Gasteiger partial charge is 0.408 e. The van der Waals surface area contributed by atoms with Crippen LogP contribution in [0.2, 0.25) is 0 Å². The molecule has 0 bridgehead atoms. The van der Waals surface area contributed by atoms with Crippen molar-refractivity contribution in [1.82, 2.24) is 10.6 Å². The van der Waals surface area contributed by atoms with Gasteiger partial charge in [0.05, 0.1) is 6.04 Å². The first-order valence-electron chi connectivity index (χ1n) is 5.54. The fraction of sp³-hybridized carbons (Fsp3) is 0.333. The lowest BCUT2D eigenvalue weighted by Gasteiger charge is -2.35. The molecule has 1 aliphatic rings. The summed E-state index contributed by atoms with van der Waals surface area (Å²) in [6.45, 7) is 0.204. The maximum atomic E-state index is 11.5. The van der Waals surface area contributed by atoms with E-state index in [0.29, 0.717) is 0 Å². The van der Waals surface area contributed by atoms with Crippen LogP contribution in [0.5, 0.6) is 0 Å². The highest BCUT2D eigenvalue weighted by molar-refractivity contribution is 14.1. The number of halogens is 1. The van der Waals surface area contributed by atoms with Gasteiger partial charge in [-0.1, -0.05) is 52.9 Å². The molecule has 1 aromatic rings. The van der Waals surface area contributed by atoms with Gasteiger partial charge in [-0.2, -0.15) is 0 Å². The fourth-order valence-corrected chi connectivity index (χ4v) is 2.36. The van der Waals surface area contributed by atoms with E-state index in [-0.39, 0.29) is 18.6 Å². The van der Waals surface area contributed by atoms with Gasteiger partial charge >= 0.3 is 6.09 Å². The third kappa shape index (κ3) is 3.12. The number of nitrogens with one attached hydrogen (secondary N) is 2. The van der Waals surface area contributed by atoms with Gasteiger partial charge in [0, 0.05) is 4.43 Å². The first-order valence-corrected chi connectivity index (χ1v) is 7.07. The molecule has 5 nitrogen and oxygen atoms in total. The summed E-state index contributed by atoms with van der Waals surface area (Å²) in [5.74, 6) is -0.159. The Morgan fingerprint density at radius 1 is 1.39 bits per heavy atom. The second kappa shape index (κ2) is 6.03. The average molecular weight is 360 g/mol. The van der Waals surface area contributed by atoms with Crippen LogP contribution in [0.25, 0.3) is 0 Å². The Kier molecular flexibility index (Phi) is 4.40. The van der Waals surface area contributed by atoms with E-state index in [1.54, 1.807) is 0 Å². The molecule has 2 amide bonds. The second-order valence-corrected chi connectivity index (χ2v) is 4.83. The molecule has 1 fully saturated rings. The summed E-state index contributed by atoms with van der Waals surface area (Å²) >= 11 is 2.16. The molecule has 2 rings (SSSR count). The highest BCUT2D eigenvalue weighted by Gasteiger charge is 2.39. The van der Waals surface area contributed by atoms with Gasteiger partial charge in [-0.15, -0.1) is 0 Å². The highest BCUT2D eigenvalue weighted by Crippen LogP contribution is 2.09. The van der Waals surface area contributed by atoms with E-state index < -0.39 is 12.1 Å². The summed E-state index contributed by atoms with van der Waals surface area (Å²) in [7, 11) is 0. The molecule has 2 N–H and O–H groups in total. The number of hydrogen-bond donors (Lipinski definition) is 2. The Morgan fingerprint density at radius 2 is 2.11 bits per heavy atom. The molecule has 0 radical (unpaired) electrons. The van der Waals surface area contributed by atoms with Crippen molar-refractivity contribution in [3.63, 3.8) is 0 Å². The lowest BCUT2D eigenvalue weighted by atomic mass is 10.0. The number of alkyl halides is 1. The van der Waals surface area contributed by atoms with E-state index >= 15 is 0 Å². The standard InChI is InChI=1S/C12H13IN2O3/c13-6-9-10(11(16)14-9)15-12(17)18-7-8-4-2-1-3-5-8/h1-5,9-10H,6-7H2,(H,14,16)(H,15,17)/t9-,10+/m1/s1. The maximum Gasteiger partial charge on any atom is 0.408 e. The van der Waals surface area contributed by atoms with Gasteiger partial charge in [0.25, 0.3) is 0 Å². The largest absolute Gasteiger partial charge is 0.445 e. The normalized spacial score (nSPS) is 21.7. The quantitative estimate of drug-likeness (QED) is 0.482. The molecule has 0 saturated carbocycles. The van der Waals surface area contributed by atoms with E-state index in [1.165, 1.54) is 0 Å². The zero-order chi connectivity index (χ0) is 13.0. The van der Waals surface area contributed by atoms with Crippen LogP contribution in [-0.2, 0) is 16.1 Å². The topological polar surface area (TPSA) is 67.4 Å². The third-order valence-corrected chi connectivity index (χ3v) is 3.61. The molecule has 2 atom stereocenters. The van der Waals surface area contributed by atoms with Gasteiger partial charge in [-0.3, -0.25) is 4.79 Å². The van der Waals surface area contributed by atoms with E-state index in [2.05, 4.69) is 33.2 Å². The minimum Gasteiger partial charge on any atom is -0.445 e. The van der Waals surface area contributed by atoms with Crippen molar-refractivity contribution in [3.8, 4) is 0 Å². The molecule has 1 saturated heterocycles. The van der Waals surface area contributed by atoms with Crippen LogP contribution in [0.3, 0.4) is 0 Å². The van der Waals surface area contributed by atoms with Crippen LogP contribution >= 0.6 is 22.6 Å². The summed E-state index contributed by atoms with van der Waals surface area (Å²) in [5, 5.41) is 5.26. The molecule has 1 aliphatic heterocycles. The monoisotopic (exact) mass is 360 g/mol. The number of rotatable bonds is 4. The average Bonchev–Trinajstić information content (AvgIpc) is 2.41. The van der Waals surface area contributed by atoms with Crippen LogP contribution in [0, 0.1) is 0 Å². The number of carbonyl (C=O) groups is 2. The molecule has 96 valence electrons. The molecule has 0 aromatic heterocycles. The lowest BCUT2D eigenvalue weighted by Crippen LogP contribution is -2.69. The minimum absolute atomic E-state index is 0.00220. The predicted octanol–water partition coefficient (Wildman–Crippen LogP) is 1.21. The molecule has 6 heteroatoms. The van der Waals surface area contributed by atoms with E-state index in [4.69, 9.17) is 4.74 Å². The second-order valence-electron chi connectivity index (χ2n) is 3.95. The minimum atomic E-state index is -0.562. The zero-order valence-corrected chi connectivity index (χ0v) is 11.7. The van der Waals surface area contributed by atoms with Crippen molar-refractivity contribution < 1.29 is 14.3 Å². The van der Waals surface area contributed by atoms with Crippen molar-refractivity contribution >= 4 is 34.6 Å². The number of amides is 2. The summed E-state index contributed by atoms with van der Waals surface area (Å²) < 4.78 is 5.80. The predicted molar refractivity (Wildman–Crippen MR) is 74.4 cm³/mol. The molecular weight excluding hydrogens is 347 g/mol. The van der Waals surface area contributed by atoms with Gasteiger partial charge in [0.15, 0.2) is 0 Å². The van der Waals surface area contributed by atoms with Gasteiger partial charge in [0.1, 0.15) is 12.6 Å². The van der Waals surface area contributed by atoms with Gasteiger partial charge < -0.3 is 15.4 Å². The highest BCUT2D eigenvalue weighted by atomic mass is 127. The van der Waals surface area contributed by atoms with Crippen molar-refractivity contribution in [1.29, 1.82) is 0 Å². The molecule has 1 aromatic carbocycles. The number of β-lactam (4-membered cyclic amide) rings is 1. The van der Waals surface area contributed by atoms with Crippen LogP contribution in [-0.4, -0.2) is 28.5 Å². The molecule has 0 aliphatic carbocycles. The maximum absolute atomic E-state index is 11.5. The van der Waals surface area contributed by atoms with E-state index in [0.717, 1.165) is 9.99 Å². The van der Waals surface area contributed by atoms with Crippen LogP contribution in [0.4, 0.5) is 4.79 Å². The number of hydrogen-bond acceptors (Lipinski definition) is 3. The molecule has 18 heavy (non-hydrogen) atoms. The van der Waals surface area contributed by atoms with Crippen LogP contribution in [0.1, 0.15) is 5.56 Å². The SMILES string of the molecule is O=C(N[C@@H]1C(=O)N[C@@H]1CI)OCc1ccccc1. The lowest BCUT2D eigenvalue weighted by molar-refractivity contribution is -0.130. The van der Waals surface area contributed by atoms with Crippen molar-refractivity contribution in [2.24, 2.45) is 0 Å². The molecule has 0 unspecified atom stereocenters. The summed E-state index contributed by atoms with van der Waals surface area (Å²) in [6.07, 6.45) is -0.562. The number of carbonyl (C=O) groups excluding carboxylic acids is 2. The molecule has 0 spiro atoms. The summed E-state index contributed by atoms with van der Waals surface area (Å²) in [4.78, 5) is 22.7. The van der Waals surface area contributed by atoms with E-state index in [9.17, 15) is 9.59 Å². The Balaban J connectivity index is 1.77. The Morgan fingerprint density at radius 3 is 2.72 bits per heavy atom. The Hall–Kier alpha value is -1.31. The molecular formula is C12H13IN2O3. The van der Waals surface area contributed by atoms with Gasteiger partial charge in [0.2, 0.25) is 5.91 Å². The van der Waals surface area contributed by atoms with E-state index in [1.807, 2.05) is 30.3 Å². The van der Waals surface area contributed by atoms with Crippen LogP contribution in [0.15, 0.2) is 30.3 Å². The van der Waals surface area contributed by atoms with Gasteiger partial charge in [-0.25, -0.2) is 4.79 Å². The summed E-state index contributed by atoms with van der Waals surface area (Å²) in [6, 6.07) is 8.93. The van der Waals surface area contributed by atoms with Crippen LogP contribution < -0.4 is 10.6 Å². The Bertz CT molecular complexity index is 438. The van der Waals surface area contributed by atoms with Crippen molar-refractivity contribution in [2.75, 3.05) is 4.43 Å². The van der Waals surface area contributed by atoms with Crippen molar-refractivity contribution in [3.05, 3.63) is 35.9 Å². The zero-order valence-electron chi connectivity index (χ0n) is 9.56. The van der Waals surface area contributed by atoms with Crippen molar-refractivity contribution in [2.45, 2.75) is 18.7 Å².